The number of nitriles is 1. The van der Waals surface area contributed by atoms with Crippen molar-refractivity contribution in [3.05, 3.63) is 63.9 Å². The number of amides is 2. The molecule has 38 heavy (non-hydrogen) atoms. The fourth-order valence-electron chi connectivity index (χ4n) is 3.53. The maximum Gasteiger partial charge on any atom is 0.405 e. The minimum absolute atomic E-state index is 0.0107. The number of aryl methyl sites for hydroxylation is 1. The van der Waals surface area contributed by atoms with E-state index in [2.05, 4.69) is 15.4 Å². The largest absolute Gasteiger partial charge is 0.471 e. The fourth-order valence-corrected chi connectivity index (χ4v) is 4.60. The van der Waals surface area contributed by atoms with E-state index in [0.717, 1.165) is 10.7 Å². The number of aromatic nitrogens is 3. The average Bonchev–Trinajstić information content (AvgIpc) is 3.26. The molecule has 2 amide bonds. The molecule has 1 aliphatic heterocycles. The summed E-state index contributed by atoms with van der Waals surface area (Å²) >= 11 is 6.25. The van der Waals surface area contributed by atoms with Gasteiger partial charge in [0.15, 0.2) is 5.82 Å². The number of hydrogen-bond donors (Lipinski definition) is 2. The summed E-state index contributed by atoms with van der Waals surface area (Å²) in [6.45, 7) is -0.123. The molecule has 0 spiro atoms. The molecular formula is C23H18ClF3N6O4S. The number of benzene rings is 1. The van der Waals surface area contributed by atoms with Gasteiger partial charge in [-0.25, -0.2) is 9.67 Å². The summed E-state index contributed by atoms with van der Waals surface area (Å²) in [5.74, 6) is -1.23. The van der Waals surface area contributed by atoms with Gasteiger partial charge in [-0.1, -0.05) is 11.6 Å². The van der Waals surface area contributed by atoms with Crippen molar-refractivity contribution in [2.24, 2.45) is 0 Å². The Kier molecular flexibility index (Phi) is 7.70. The molecule has 2 N–H and O–H groups in total. The van der Waals surface area contributed by atoms with E-state index in [1.54, 1.807) is 11.4 Å². The van der Waals surface area contributed by atoms with Crippen LogP contribution in [-0.2, 0) is 10.8 Å². The zero-order chi connectivity index (χ0) is 27.6. The molecule has 0 bridgehead atoms. The van der Waals surface area contributed by atoms with Crippen LogP contribution in [0.3, 0.4) is 0 Å². The number of rotatable bonds is 7. The van der Waals surface area contributed by atoms with E-state index in [1.165, 1.54) is 31.3 Å². The molecule has 2 aromatic heterocycles. The first kappa shape index (κ1) is 27.1. The molecule has 1 aromatic carbocycles. The highest BCUT2D eigenvalue weighted by atomic mass is 35.5. The minimum Gasteiger partial charge on any atom is -0.471 e. The summed E-state index contributed by atoms with van der Waals surface area (Å²) < 4.78 is 56.3. The first-order valence-electron chi connectivity index (χ1n) is 10.9. The number of anilines is 1. The number of ether oxygens (including phenoxy) is 1. The van der Waals surface area contributed by atoms with Gasteiger partial charge in [-0.2, -0.15) is 18.4 Å². The molecule has 1 aliphatic rings. The van der Waals surface area contributed by atoms with Gasteiger partial charge in [0.2, 0.25) is 5.88 Å². The number of nitrogens with one attached hydrogen (secondary N) is 2. The highest BCUT2D eigenvalue weighted by molar-refractivity contribution is 7.86. The predicted molar refractivity (Wildman–Crippen MR) is 131 cm³/mol. The van der Waals surface area contributed by atoms with Crippen molar-refractivity contribution in [2.45, 2.75) is 19.2 Å². The summed E-state index contributed by atoms with van der Waals surface area (Å²) in [5.41, 5.74) is -0.298. The molecule has 3 heterocycles. The molecule has 1 fully saturated rings. The third-order valence-electron chi connectivity index (χ3n) is 5.29. The van der Waals surface area contributed by atoms with Crippen LogP contribution < -0.4 is 15.4 Å². The Morgan fingerprint density at radius 2 is 2.03 bits per heavy atom. The predicted octanol–water partition coefficient (Wildman–Crippen LogP) is 3.15. The molecule has 0 saturated carbocycles. The highest BCUT2D eigenvalue weighted by Gasteiger charge is 2.31. The van der Waals surface area contributed by atoms with Crippen molar-refractivity contribution in [3.8, 4) is 17.8 Å². The van der Waals surface area contributed by atoms with E-state index in [1.807, 2.05) is 6.07 Å². The van der Waals surface area contributed by atoms with Gasteiger partial charge < -0.3 is 15.4 Å². The van der Waals surface area contributed by atoms with Crippen LogP contribution in [0, 0.1) is 18.3 Å². The van der Waals surface area contributed by atoms with Crippen LogP contribution >= 0.6 is 11.6 Å². The normalized spacial score (nSPS) is 16.7. The van der Waals surface area contributed by atoms with Crippen LogP contribution in [0.4, 0.5) is 18.9 Å². The minimum atomic E-state index is -4.67. The first-order chi connectivity index (χ1) is 17.9. The Labute approximate surface area is 221 Å². The van der Waals surface area contributed by atoms with E-state index < -0.39 is 35.3 Å². The van der Waals surface area contributed by atoms with Crippen molar-refractivity contribution in [1.29, 1.82) is 5.26 Å². The fraction of sp³-hybridized carbons (Fsp3) is 0.261. The third kappa shape index (κ3) is 6.12. The van der Waals surface area contributed by atoms with Crippen LogP contribution in [0.5, 0.6) is 5.88 Å². The van der Waals surface area contributed by atoms with Crippen LogP contribution in [0.15, 0.2) is 36.5 Å². The quantitative estimate of drug-likeness (QED) is 0.448. The van der Waals surface area contributed by atoms with Gasteiger partial charge in [0.05, 0.1) is 39.4 Å². The lowest BCUT2D eigenvalue weighted by molar-refractivity contribution is -0.123. The lowest BCUT2D eigenvalue weighted by atomic mass is 10.0. The van der Waals surface area contributed by atoms with Gasteiger partial charge in [-0.05, 0) is 36.8 Å². The molecular weight excluding hydrogens is 549 g/mol. The van der Waals surface area contributed by atoms with Crippen molar-refractivity contribution >= 4 is 39.9 Å². The molecule has 0 atom stereocenters. The molecule has 0 aliphatic carbocycles. The van der Waals surface area contributed by atoms with Crippen molar-refractivity contribution in [1.82, 2.24) is 20.1 Å². The molecule has 3 aromatic rings. The average molecular weight is 567 g/mol. The number of nitrogens with zero attached hydrogens (tertiary/aromatic N) is 4. The number of hydrogen-bond acceptors (Lipinski definition) is 7. The van der Waals surface area contributed by atoms with Crippen LogP contribution in [-0.4, -0.2) is 61.1 Å². The van der Waals surface area contributed by atoms with E-state index in [4.69, 9.17) is 16.3 Å². The van der Waals surface area contributed by atoms with Crippen molar-refractivity contribution < 1.29 is 31.7 Å². The molecule has 0 radical (unpaired) electrons. The SMILES string of the molecule is Cc1cc(C#N)cc(C(=O)NCC(F)(F)F)c1NC(=O)c1cc(OC2CS(=O)C2)nn1-c1ncccc1Cl. The maximum absolute atomic E-state index is 13.4. The van der Waals surface area contributed by atoms with Gasteiger partial charge in [0.1, 0.15) is 18.3 Å². The number of pyridine rings is 1. The molecule has 0 unspecified atom stereocenters. The molecule has 10 nitrogen and oxygen atoms in total. The summed E-state index contributed by atoms with van der Waals surface area (Å²) in [6, 6.07) is 8.67. The number of carbonyl (C=O) groups excluding carboxylic acids is 2. The Balaban J connectivity index is 1.70. The maximum atomic E-state index is 13.4. The van der Waals surface area contributed by atoms with E-state index in [9.17, 15) is 32.2 Å². The molecule has 15 heteroatoms. The Hall–Kier alpha value is -3.96. The zero-order valence-corrected chi connectivity index (χ0v) is 21.1. The Morgan fingerprint density at radius 1 is 1.29 bits per heavy atom. The summed E-state index contributed by atoms with van der Waals surface area (Å²) in [7, 11) is -0.993. The zero-order valence-electron chi connectivity index (χ0n) is 19.5. The Morgan fingerprint density at radius 3 is 2.66 bits per heavy atom. The second-order valence-corrected chi connectivity index (χ2v) is 10.1. The summed E-state index contributed by atoms with van der Waals surface area (Å²) in [6.07, 6.45) is -3.61. The second-order valence-electron chi connectivity index (χ2n) is 8.18. The summed E-state index contributed by atoms with van der Waals surface area (Å²) in [4.78, 5) is 30.2. The van der Waals surface area contributed by atoms with Gasteiger partial charge in [-0.15, -0.1) is 5.10 Å². The van der Waals surface area contributed by atoms with Crippen molar-refractivity contribution in [3.63, 3.8) is 0 Å². The highest BCUT2D eigenvalue weighted by Crippen LogP contribution is 2.27. The summed E-state index contributed by atoms with van der Waals surface area (Å²) in [5, 5.41) is 18.0. The Bertz CT molecular complexity index is 1480. The van der Waals surface area contributed by atoms with Gasteiger partial charge >= 0.3 is 6.18 Å². The molecule has 198 valence electrons. The van der Waals surface area contributed by atoms with Gasteiger partial charge in [0, 0.05) is 23.1 Å². The monoisotopic (exact) mass is 566 g/mol. The molecule has 4 rings (SSSR count). The van der Waals surface area contributed by atoms with Crippen LogP contribution in [0.1, 0.15) is 32.0 Å². The third-order valence-corrected chi connectivity index (χ3v) is 7.07. The number of halogens is 4. The molecule has 1 saturated heterocycles. The van der Waals surface area contributed by atoms with E-state index >= 15 is 0 Å². The number of alkyl halides is 3. The number of carbonyl (C=O) groups is 2. The second kappa shape index (κ2) is 10.8. The van der Waals surface area contributed by atoms with Gasteiger partial charge in [-0.3, -0.25) is 13.8 Å². The first-order valence-corrected chi connectivity index (χ1v) is 12.8. The lowest BCUT2D eigenvalue weighted by Gasteiger charge is -2.24. The van der Waals surface area contributed by atoms with E-state index in [0.29, 0.717) is 11.5 Å². The van der Waals surface area contributed by atoms with Crippen molar-refractivity contribution in [2.75, 3.05) is 23.4 Å². The van der Waals surface area contributed by atoms with Crippen LogP contribution in [0.2, 0.25) is 5.02 Å². The van der Waals surface area contributed by atoms with Crippen LogP contribution in [0.25, 0.3) is 5.82 Å². The lowest BCUT2D eigenvalue weighted by Crippen LogP contribution is -2.41. The van der Waals surface area contributed by atoms with Gasteiger partial charge in [0.25, 0.3) is 11.8 Å². The van der Waals surface area contributed by atoms with E-state index in [-0.39, 0.29) is 50.9 Å². The smallest absolute Gasteiger partial charge is 0.405 e. The topological polar surface area (TPSA) is 139 Å². The standard InChI is InChI=1S/C23H18ClF3N6O4S/c1-12-5-13(8-28)6-15(21(34)30-11-23(25,26)27)19(12)31-22(35)17-7-18(37-14-9-38(36)10-14)32-33(17)20-16(24)3-2-4-29-20/h2-7,14H,9-11H2,1H3,(H,30,34)(H,31,35).